The molecule has 0 aromatic heterocycles. The monoisotopic (exact) mass is 482 g/mol. The van der Waals surface area contributed by atoms with Crippen molar-refractivity contribution in [2.45, 2.75) is 40.0 Å². The molecule has 1 aliphatic heterocycles. The van der Waals surface area contributed by atoms with Crippen LogP contribution in [-0.4, -0.2) is 59.5 Å². The summed E-state index contributed by atoms with van der Waals surface area (Å²) in [4.78, 5) is 48.4. The molecule has 2 rings (SSSR count). The van der Waals surface area contributed by atoms with Crippen molar-refractivity contribution in [2.24, 2.45) is 5.92 Å². The number of methoxy groups -OCH3 is 2. The first-order valence-corrected chi connectivity index (χ1v) is 10.0. The molecule has 0 radical (unpaired) electrons. The number of nitrogens with one attached hydrogen (secondary N) is 2. The van der Waals surface area contributed by atoms with E-state index in [-0.39, 0.29) is 11.5 Å². The molecule has 3 N–H and O–H groups in total. The first-order valence-electron chi connectivity index (χ1n) is 10.0. The minimum atomic E-state index is -1.53. The number of carbonyl (C=O) groups excluding carboxylic acids is 2. The molecule has 1 aromatic rings. The number of carboxylic acid groups (broad SMARTS) is 1. The van der Waals surface area contributed by atoms with E-state index in [0.717, 1.165) is 17.1 Å². The summed E-state index contributed by atoms with van der Waals surface area (Å²) in [5.74, 6) is -3.05. The van der Waals surface area contributed by atoms with Gasteiger partial charge in [-0.3, -0.25) is 20.3 Å². The lowest BCUT2D eigenvalue weighted by atomic mass is 10.0. The number of allylic oxidation sites excluding steroid dienone is 1. The van der Waals surface area contributed by atoms with Gasteiger partial charge >= 0.3 is 12.1 Å². The second kappa shape index (κ2) is 10.7. The first-order chi connectivity index (χ1) is 15.9. The van der Waals surface area contributed by atoms with E-state index in [0.29, 0.717) is 0 Å². The summed E-state index contributed by atoms with van der Waals surface area (Å²) in [5.41, 5.74) is 2.55. The lowest BCUT2D eigenvalue weighted by Gasteiger charge is -2.32. The molecular formula is C20H26N4O10. The van der Waals surface area contributed by atoms with E-state index in [2.05, 4.69) is 11.0 Å². The van der Waals surface area contributed by atoms with Crippen molar-refractivity contribution in [3.05, 3.63) is 39.2 Å². The average molecular weight is 482 g/mol. The molecule has 0 saturated heterocycles. The number of hydrogen-bond acceptors (Lipinski definition) is 12. The Labute approximate surface area is 194 Å². The minimum Gasteiger partial charge on any atom is -0.493 e. The van der Waals surface area contributed by atoms with Crippen LogP contribution in [0, 0.1) is 16.0 Å². The Bertz CT molecular complexity index is 1020. The van der Waals surface area contributed by atoms with Crippen molar-refractivity contribution < 1.29 is 43.4 Å². The lowest BCUT2D eigenvalue weighted by molar-refractivity contribution is -0.385. The van der Waals surface area contributed by atoms with E-state index in [1.165, 1.54) is 14.2 Å². The summed E-state index contributed by atoms with van der Waals surface area (Å²) in [6.07, 6.45) is -2.78. The Morgan fingerprint density at radius 1 is 1.06 bits per heavy atom. The van der Waals surface area contributed by atoms with Gasteiger partial charge in [0.1, 0.15) is 11.3 Å². The van der Waals surface area contributed by atoms with Crippen molar-refractivity contribution in [3.8, 4) is 11.5 Å². The number of carbonyl (C=O) groups is 3. The number of rotatable bonds is 10. The van der Waals surface area contributed by atoms with Crippen LogP contribution in [-0.2, 0) is 14.3 Å². The van der Waals surface area contributed by atoms with Gasteiger partial charge in [0.05, 0.1) is 31.3 Å². The van der Waals surface area contributed by atoms with Crippen LogP contribution in [0.2, 0.25) is 0 Å². The van der Waals surface area contributed by atoms with E-state index in [1.54, 1.807) is 27.7 Å². The fraction of sp³-hybridized carbons (Fsp3) is 0.450. The molecule has 186 valence electrons. The quantitative estimate of drug-likeness (QED) is 0.191. The van der Waals surface area contributed by atoms with Crippen LogP contribution in [0.5, 0.6) is 11.5 Å². The van der Waals surface area contributed by atoms with Gasteiger partial charge in [-0.05, 0) is 13.8 Å². The Hall–Kier alpha value is -4.07. The third-order valence-electron chi connectivity index (χ3n) is 4.52. The van der Waals surface area contributed by atoms with Gasteiger partial charge in [0.2, 0.25) is 5.78 Å². The molecule has 1 unspecified atom stereocenters. The summed E-state index contributed by atoms with van der Waals surface area (Å²) in [5, 5.41) is 22.3. The van der Waals surface area contributed by atoms with E-state index in [1.807, 2.05) is 0 Å². The largest absolute Gasteiger partial charge is 0.510 e. The van der Waals surface area contributed by atoms with Gasteiger partial charge < -0.3 is 24.1 Å². The van der Waals surface area contributed by atoms with Crippen LogP contribution in [0.4, 0.5) is 10.5 Å². The molecule has 0 aliphatic carbocycles. The van der Waals surface area contributed by atoms with Crippen LogP contribution in [0.1, 0.15) is 38.1 Å². The molecule has 1 aliphatic rings. The summed E-state index contributed by atoms with van der Waals surface area (Å²) >= 11 is 0. The molecule has 0 fully saturated rings. The highest BCUT2D eigenvalue weighted by Gasteiger charge is 2.41. The topological polar surface area (TPSA) is 179 Å². The summed E-state index contributed by atoms with van der Waals surface area (Å²) in [6, 6.07) is 2.06. The number of carboxylic acids is 1. The standard InChI is InChI=1S/C20H26N4O10/c1-9(2)18(34-20(28)33-10(3)4)23-16(15(19(26)27)21-22-23)17(25)11-7-13(31-5)14(32-6)8-12(11)24(29)30/h7-10,18,21-22H,1-6H3,(H,26,27). The van der Waals surface area contributed by atoms with Gasteiger partial charge in [-0.25, -0.2) is 14.6 Å². The molecular weight excluding hydrogens is 456 g/mol. The Morgan fingerprint density at radius 3 is 2.12 bits per heavy atom. The van der Waals surface area contributed by atoms with Gasteiger partial charge in [-0.1, -0.05) is 13.8 Å². The SMILES string of the molecule is COc1cc(C(=O)C2=C(C(=O)O)NNN2C(OC(=O)OC(C)C)C(C)C)c([N+](=O)[O-])cc1OC. The van der Waals surface area contributed by atoms with E-state index < -0.39 is 63.7 Å². The summed E-state index contributed by atoms with van der Waals surface area (Å²) in [6.45, 7) is 6.51. The molecule has 0 amide bonds. The maximum Gasteiger partial charge on any atom is 0.510 e. The van der Waals surface area contributed by atoms with Crippen molar-refractivity contribution in [1.82, 2.24) is 16.0 Å². The number of ketones is 1. The van der Waals surface area contributed by atoms with Crippen LogP contribution in [0.3, 0.4) is 0 Å². The fourth-order valence-electron chi connectivity index (χ4n) is 3.05. The Kier molecular flexibility index (Phi) is 8.24. The van der Waals surface area contributed by atoms with Gasteiger partial charge in [-0.2, -0.15) is 0 Å². The number of hydrogen-bond donors (Lipinski definition) is 3. The van der Waals surface area contributed by atoms with Gasteiger partial charge in [0.15, 0.2) is 23.4 Å². The third kappa shape index (κ3) is 5.46. The second-order valence-corrected chi connectivity index (χ2v) is 7.62. The second-order valence-electron chi connectivity index (χ2n) is 7.62. The van der Waals surface area contributed by atoms with Gasteiger partial charge in [-0.15, -0.1) is 5.53 Å². The molecule has 14 nitrogen and oxygen atoms in total. The molecule has 34 heavy (non-hydrogen) atoms. The van der Waals surface area contributed by atoms with Crippen molar-refractivity contribution in [1.29, 1.82) is 0 Å². The van der Waals surface area contributed by atoms with Gasteiger partial charge in [0, 0.05) is 12.0 Å². The fourth-order valence-corrected chi connectivity index (χ4v) is 3.05. The summed E-state index contributed by atoms with van der Waals surface area (Å²) in [7, 11) is 2.54. The zero-order valence-electron chi connectivity index (χ0n) is 19.4. The number of hydrazine groups is 2. The van der Waals surface area contributed by atoms with Crippen LogP contribution in [0.15, 0.2) is 23.5 Å². The predicted octanol–water partition coefficient (Wildman–Crippen LogP) is 1.96. The highest BCUT2D eigenvalue weighted by molar-refractivity contribution is 6.14. The number of ether oxygens (including phenoxy) is 4. The molecule has 0 spiro atoms. The minimum absolute atomic E-state index is 0.00228. The smallest absolute Gasteiger partial charge is 0.493 e. The van der Waals surface area contributed by atoms with Gasteiger partial charge in [0.25, 0.3) is 5.69 Å². The van der Waals surface area contributed by atoms with Crippen molar-refractivity contribution in [3.63, 3.8) is 0 Å². The molecule has 14 heteroatoms. The Morgan fingerprint density at radius 2 is 1.65 bits per heavy atom. The Balaban J connectivity index is 2.63. The normalized spacial score (nSPS) is 14.1. The predicted molar refractivity (Wildman–Crippen MR) is 115 cm³/mol. The van der Waals surface area contributed by atoms with Crippen LogP contribution < -0.4 is 20.4 Å². The third-order valence-corrected chi connectivity index (χ3v) is 4.52. The number of benzene rings is 1. The highest BCUT2D eigenvalue weighted by Crippen LogP contribution is 2.37. The molecule has 0 saturated carbocycles. The average Bonchev–Trinajstić information content (AvgIpc) is 3.20. The molecule has 1 aromatic carbocycles. The highest BCUT2D eigenvalue weighted by atomic mass is 16.7. The van der Waals surface area contributed by atoms with Crippen molar-refractivity contribution in [2.75, 3.05) is 14.2 Å². The number of nitro groups is 1. The van der Waals surface area contributed by atoms with Crippen LogP contribution >= 0.6 is 0 Å². The number of nitro benzene ring substituents is 1. The molecule has 1 atom stereocenters. The zero-order chi connectivity index (χ0) is 25.7. The lowest BCUT2D eigenvalue weighted by Crippen LogP contribution is -2.50. The zero-order valence-corrected chi connectivity index (χ0v) is 19.4. The van der Waals surface area contributed by atoms with Crippen molar-refractivity contribution >= 4 is 23.6 Å². The molecule has 0 bridgehead atoms. The van der Waals surface area contributed by atoms with E-state index in [4.69, 9.17) is 18.9 Å². The van der Waals surface area contributed by atoms with E-state index >= 15 is 0 Å². The number of aliphatic carboxylic acids is 1. The van der Waals surface area contributed by atoms with E-state index in [9.17, 15) is 29.6 Å². The number of Topliss-reactive ketones (excluding diaryl/α,β-unsaturated/α-hetero) is 1. The van der Waals surface area contributed by atoms with Crippen LogP contribution in [0.25, 0.3) is 0 Å². The maximum atomic E-state index is 13.5. The first kappa shape index (κ1) is 26.2. The molecule has 1 heterocycles. The summed E-state index contributed by atoms with van der Waals surface area (Å²) < 4.78 is 20.5. The maximum absolute atomic E-state index is 13.5. The number of nitrogens with zero attached hydrogens (tertiary/aromatic N) is 2.